The molecule has 0 saturated heterocycles. The van der Waals surface area contributed by atoms with Crippen molar-refractivity contribution in [2.45, 2.75) is 33.1 Å². The van der Waals surface area contributed by atoms with Crippen LogP contribution in [0.1, 0.15) is 23.2 Å². The fourth-order valence-electron chi connectivity index (χ4n) is 3.25. The SMILES string of the molecule is Cc1ccc(-c2cc(COCc3cn(CCCO)nn3)c3ccccc3n2)cc1. The smallest absolute Gasteiger partial charge is 0.108 e. The van der Waals surface area contributed by atoms with Gasteiger partial charge in [-0.15, -0.1) is 5.10 Å². The summed E-state index contributed by atoms with van der Waals surface area (Å²) >= 11 is 0. The van der Waals surface area contributed by atoms with E-state index in [1.807, 2.05) is 24.4 Å². The number of aromatic nitrogens is 4. The predicted molar refractivity (Wildman–Crippen MR) is 112 cm³/mol. The molecule has 0 aliphatic rings. The normalized spacial score (nSPS) is 11.2. The molecule has 4 aromatic rings. The second kappa shape index (κ2) is 8.94. The van der Waals surface area contributed by atoms with Crippen molar-refractivity contribution in [3.63, 3.8) is 0 Å². The predicted octanol–water partition coefficient (Wildman–Crippen LogP) is 3.90. The molecule has 0 aliphatic heterocycles. The summed E-state index contributed by atoms with van der Waals surface area (Å²) in [6.07, 6.45) is 2.52. The Morgan fingerprint density at radius 1 is 1.03 bits per heavy atom. The van der Waals surface area contributed by atoms with Gasteiger partial charge in [0.25, 0.3) is 0 Å². The molecule has 0 spiro atoms. The zero-order valence-corrected chi connectivity index (χ0v) is 16.5. The number of hydrogen-bond acceptors (Lipinski definition) is 5. The summed E-state index contributed by atoms with van der Waals surface area (Å²) in [7, 11) is 0. The van der Waals surface area contributed by atoms with Crippen molar-refractivity contribution in [1.82, 2.24) is 20.0 Å². The fraction of sp³-hybridized carbons (Fsp3) is 0.261. The van der Waals surface area contributed by atoms with E-state index in [4.69, 9.17) is 14.8 Å². The maximum absolute atomic E-state index is 8.92. The van der Waals surface area contributed by atoms with Crippen LogP contribution in [0.4, 0.5) is 0 Å². The first-order valence-electron chi connectivity index (χ1n) is 9.76. The highest BCUT2D eigenvalue weighted by Crippen LogP contribution is 2.25. The number of aliphatic hydroxyl groups is 1. The van der Waals surface area contributed by atoms with E-state index >= 15 is 0 Å². The highest BCUT2D eigenvalue weighted by atomic mass is 16.5. The van der Waals surface area contributed by atoms with Crippen LogP contribution in [0.2, 0.25) is 0 Å². The topological polar surface area (TPSA) is 73.1 Å². The Kier molecular flexibility index (Phi) is 5.93. The number of pyridine rings is 1. The van der Waals surface area contributed by atoms with Gasteiger partial charge in [-0.1, -0.05) is 53.2 Å². The van der Waals surface area contributed by atoms with E-state index in [-0.39, 0.29) is 6.61 Å². The highest BCUT2D eigenvalue weighted by molar-refractivity contribution is 5.85. The van der Waals surface area contributed by atoms with Gasteiger partial charge in [0.15, 0.2) is 0 Å². The molecule has 29 heavy (non-hydrogen) atoms. The van der Waals surface area contributed by atoms with Gasteiger partial charge in [-0.2, -0.15) is 0 Å². The number of rotatable bonds is 8. The molecular weight excluding hydrogens is 364 g/mol. The quantitative estimate of drug-likeness (QED) is 0.496. The second-order valence-corrected chi connectivity index (χ2v) is 7.09. The van der Waals surface area contributed by atoms with Crippen molar-refractivity contribution in [2.75, 3.05) is 6.61 Å². The van der Waals surface area contributed by atoms with Gasteiger partial charge in [-0.25, -0.2) is 4.98 Å². The minimum atomic E-state index is 0.143. The average Bonchev–Trinajstić information content (AvgIpc) is 3.20. The molecule has 0 atom stereocenters. The number of nitrogens with zero attached hydrogens (tertiary/aromatic N) is 4. The molecule has 0 unspecified atom stereocenters. The van der Waals surface area contributed by atoms with Crippen molar-refractivity contribution in [2.24, 2.45) is 0 Å². The van der Waals surface area contributed by atoms with Crippen LogP contribution in [0.3, 0.4) is 0 Å². The maximum Gasteiger partial charge on any atom is 0.108 e. The Balaban J connectivity index is 1.53. The van der Waals surface area contributed by atoms with Gasteiger partial charge in [-0.3, -0.25) is 4.68 Å². The Hall–Kier alpha value is -3.09. The minimum Gasteiger partial charge on any atom is -0.396 e. The van der Waals surface area contributed by atoms with Gasteiger partial charge in [-0.05, 0) is 31.0 Å². The molecule has 6 nitrogen and oxygen atoms in total. The molecule has 2 heterocycles. The van der Waals surface area contributed by atoms with Crippen LogP contribution in [0.25, 0.3) is 22.2 Å². The van der Waals surface area contributed by atoms with Gasteiger partial charge in [0.1, 0.15) is 5.69 Å². The Morgan fingerprint density at radius 2 is 1.86 bits per heavy atom. The van der Waals surface area contributed by atoms with E-state index in [2.05, 4.69) is 53.6 Å². The number of aryl methyl sites for hydroxylation is 2. The molecule has 0 aliphatic carbocycles. The Labute approximate surface area is 169 Å². The largest absolute Gasteiger partial charge is 0.396 e. The average molecular weight is 388 g/mol. The highest BCUT2D eigenvalue weighted by Gasteiger charge is 2.09. The van der Waals surface area contributed by atoms with Gasteiger partial charge in [0, 0.05) is 24.1 Å². The van der Waals surface area contributed by atoms with E-state index in [9.17, 15) is 0 Å². The van der Waals surface area contributed by atoms with Crippen molar-refractivity contribution in [3.05, 3.63) is 77.6 Å². The van der Waals surface area contributed by atoms with Gasteiger partial charge < -0.3 is 9.84 Å². The summed E-state index contributed by atoms with van der Waals surface area (Å²) in [5.74, 6) is 0. The number of hydrogen-bond donors (Lipinski definition) is 1. The van der Waals surface area contributed by atoms with Crippen LogP contribution in [-0.2, 0) is 24.5 Å². The van der Waals surface area contributed by atoms with Gasteiger partial charge in [0.05, 0.1) is 30.6 Å². The van der Waals surface area contributed by atoms with Crippen LogP contribution in [-0.4, -0.2) is 31.7 Å². The van der Waals surface area contributed by atoms with Crippen LogP contribution >= 0.6 is 0 Å². The van der Waals surface area contributed by atoms with E-state index in [1.165, 1.54) is 5.56 Å². The molecule has 2 aromatic heterocycles. The summed E-state index contributed by atoms with van der Waals surface area (Å²) in [5.41, 5.74) is 6.09. The third kappa shape index (κ3) is 4.67. The van der Waals surface area contributed by atoms with Crippen LogP contribution in [0.5, 0.6) is 0 Å². The van der Waals surface area contributed by atoms with E-state index in [0.29, 0.717) is 26.2 Å². The second-order valence-electron chi connectivity index (χ2n) is 7.09. The lowest BCUT2D eigenvalue weighted by Crippen LogP contribution is -2.00. The standard InChI is InChI=1S/C23H24N4O2/c1-17-7-9-18(10-8-17)23-13-19(21-5-2-3-6-22(21)24-23)15-29-16-20-14-27(26-25-20)11-4-12-28/h2-3,5-10,13-14,28H,4,11-12,15-16H2,1H3. The molecule has 6 heteroatoms. The molecule has 1 N–H and O–H groups in total. The number of aliphatic hydroxyl groups excluding tert-OH is 1. The van der Waals surface area contributed by atoms with Crippen LogP contribution in [0.15, 0.2) is 60.8 Å². The van der Waals surface area contributed by atoms with E-state index in [1.54, 1.807) is 4.68 Å². The van der Waals surface area contributed by atoms with Crippen LogP contribution < -0.4 is 0 Å². The summed E-state index contributed by atoms with van der Waals surface area (Å²) in [5, 5.41) is 18.2. The lowest BCUT2D eigenvalue weighted by atomic mass is 10.0. The van der Waals surface area contributed by atoms with Crippen LogP contribution in [0, 0.1) is 6.92 Å². The van der Waals surface area contributed by atoms with Crippen molar-refractivity contribution < 1.29 is 9.84 Å². The Morgan fingerprint density at radius 3 is 2.69 bits per heavy atom. The lowest BCUT2D eigenvalue weighted by Gasteiger charge is -2.10. The molecule has 0 saturated carbocycles. The summed E-state index contributed by atoms with van der Waals surface area (Å²) in [4.78, 5) is 4.83. The molecule has 4 rings (SSSR count). The Bertz CT molecular complexity index is 1090. The zero-order valence-electron chi connectivity index (χ0n) is 16.5. The summed E-state index contributed by atoms with van der Waals surface area (Å²) in [6, 6.07) is 18.6. The maximum atomic E-state index is 8.92. The number of fused-ring (bicyclic) bond motifs is 1. The first-order valence-corrected chi connectivity index (χ1v) is 9.76. The summed E-state index contributed by atoms with van der Waals surface area (Å²) < 4.78 is 7.68. The number of ether oxygens (including phenoxy) is 1. The van der Waals surface area contributed by atoms with Crippen molar-refractivity contribution in [1.29, 1.82) is 0 Å². The number of para-hydroxylation sites is 1. The third-order valence-electron chi connectivity index (χ3n) is 4.79. The van der Waals surface area contributed by atoms with Crippen molar-refractivity contribution in [3.8, 4) is 11.3 Å². The molecular formula is C23H24N4O2. The van der Waals surface area contributed by atoms with Gasteiger partial charge in [0.2, 0.25) is 0 Å². The number of benzene rings is 2. The first kappa shape index (κ1) is 19.2. The lowest BCUT2D eigenvalue weighted by molar-refractivity contribution is 0.105. The summed E-state index contributed by atoms with van der Waals surface area (Å²) in [6.45, 7) is 3.72. The fourth-order valence-corrected chi connectivity index (χ4v) is 3.25. The van der Waals surface area contributed by atoms with E-state index < -0.39 is 0 Å². The van der Waals surface area contributed by atoms with Gasteiger partial charge >= 0.3 is 0 Å². The van der Waals surface area contributed by atoms with E-state index in [0.717, 1.165) is 33.4 Å². The molecule has 0 bridgehead atoms. The minimum absolute atomic E-state index is 0.143. The molecule has 148 valence electrons. The molecule has 0 amide bonds. The first-order chi connectivity index (χ1) is 14.2. The molecule has 0 fully saturated rings. The molecule has 2 aromatic carbocycles. The zero-order chi connectivity index (χ0) is 20.1. The monoisotopic (exact) mass is 388 g/mol. The van der Waals surface area contributed by atoms with Crippen molar-refractivity contribution >= 4 is 10.9 Å². The molecule has 0 radical (unpaired) electrons. The third-order valence-corrected chi connectivity index (χ3v) is 4.79.